The fourth-order valence-electron chi connectivity index (χ4n) is 4.26. The third kappa shape index (κ3) is 4.08. The van der Waals surface area contributed by atoms with Crippen molar-refractivity contribution in [3.05, 3.63) is 22.5 Å². The van der Waals surface area contributed by atoms with Gasteiger partial charge in [0, 0.05) is 18.5 Å². The Morgan fingerprint density at radius 3 is 2.73 bits per heavy atom. The van der Waals surface area contributed by atoms with Gasteiger partial charge in [-0.2, -0.15) is 5.26 Å². The fraction of sp³-hybridized carbons (Fsp3) is 0.600. The minimum atomic E-state index is -0.452. The summed E-state index contributed by atoms with van der Waals surface area (Å²) < 4.78 is 1.71. The molecule has 162 valence electrons. The summed E-state index contributed by atoms with van der Waals surface area (Å²) in [6.07, 6.45) is 7.02. The zero-order valence-corrected chi connectivity index (χ0v) is 17.8. The van der Waals surface area contributed by atoms with Gasteiger partial charge in [0.05, 0.1) is 28.6 Å². The third-order valence-corrected chi connectivity index (χ3v) is 6.51. The van der Waals surface area contributed by atoms with Crippen molar-refractivity contribution in [2.75, 3.05) is 25.4 Å². The standard InChI is InChI=1S/C13H14ClN5.C7H13NO3/c1-2-13(4-3-5-13)11-8(6-15)10(14)9-7-17-12(16)18-19(9)11;9-5-7(11)8-3-1-2-6(10)4-8/h7H,2-5H2,1H3,(H2,16,18);6,9-10H,1-5H2. The van der Waals surface area contributed by atoms with Crippen LogP contribution in [0.4, 0.5) is 5.95 Å². The van der Waals surface area contributed by atoms with Crippen molar-refractivity contribution in [1.29, 1.82) is 5.26 Å². The largest absolute Gasteiger partial charge is 0.391 e. The highest BCUT2D eigenvalue weighted by molar-refractivity contribution is 6.35. The van der Waals surface area contributed by atoms with Gasteiger partial charge in [-0.25, -0.2) is 9.50 Å². The number of halogens is 1. The fourth-order valence-corrected chi connectivity index (χ4v) is 4.52. The van der Waals surface area contributed by atoms with Crippen LogP contribution < -0.4 is 5.73 Å². The summed E-state index contributed by atoms with van der Waals surface area (Å²) in [7, 11) is 0. The van der Waals surface area contributed by atoms with Crippen molar-refractivity contribution in [3.63, 3.8) is 0 Å². The summed E-state index contributed by atoms with van der Waals surface area (Å²) in [5, 5.41) is 31.7. The number of rotatable bonds is 3. The van der Waals surface area contributed by atoms with Gasteiger partial charge in [0.2, 0.25) is 11.9 Å². The Bertz CT molecular complexity index is 960. The van der Waals surface area contributed by atoms with Crippen LogP contribution in [0.25, 0.3) is 5.52 Å². The zero-order chi connectivity index (χ0) is 21.9. The number of hydrogen-bond acceptors (Lipinski definition) is 7. The van der Waals surface area contributed by atoms with Gasteiger partial charge in [-0.3, -0.25) is 4.79 Å². The van der Waals surface area contributed by atoms with E-state index >= 15 is 0 Å². The maximum Gasteiger partial charge on any atom is 0.248 e. The van der Waals surface area contributed by atoms with E-state index in [1.807, 2.05) is 0 Å². The molecule has 3 heterocycles. The first-order chi connectivity index (χ1) is 14.4. The number of nitrogen functional groups attached to an aromatic ring is 1. The van der Waals surface area contributed by atoms with E-state index in [1.54, 1.807) is 10.7 Å². The van der Waals surface area contributed by atoms with E-state index in [1.165, 1.54) is 11.3 Å². The van der Waals surface area contributed by atoms with E-state index in [-0.39, 0.29) is 17.3 Å². The van der Waals surface area contributed by atoms with E-state index in [0.717, 1.165) is 37.8 Å². The monoisotopic (exact) mass is 434 g/mol. The summed E-state index contributed by atoms with van der Waals surface area (Å²) in [5.41, 5.74) is 7.74. The number of amides is 1. The number of β-amino-alcohol motifs (C(OH)–C–C–N with tert-alkyl or cyclic N) is 1. The second kappa shape index (κ2) is 9.16. The highest BCUT2D eigenvalue weighted by atomic mass is 35.5. The van der Waals surface area contributed by atoms with Crippen LogP contribution in [0.5, 0.6) is 0 Å². The lowest BCUT2D eigenvalue weighted by Gasteiger charge is -2.41. The second-order valence-electron chi connectivity index (χ2n) is 7.84. The topological polar surface area (TPSA) is 141 Å². The maximum absolute atomic E-state index is 10.9. The van der Waals surface area contributed by atoms with Gasteiger partial charge < -0.3 is 20.8 Å². The normalized spacial score (nSPS) is 20.1. The molecule has 1 aliphatic carbocycles. The Kier molecular flexibility index (Phi) is 6.81. The summed E-state index contributed by atoms with van der Waals surface area (Å²) in [4.78, 5) is 16.3. The molecule has 1 saturated carbocycles. The molecule has 9 nitrogen and oxygen atoms in total. The lowest BCUT2D eigenvalue weighted by atomic mass is 9.64. The molecule has 1 atom stereocenters. The highest BCUT2D eigenvalue weighted by Gasteiger charge is 2.42. The van der Waals surface area contributed by atoms with Crippen molar-refractivity contribution in [2.24, 2.45) is 0 Å². The third-order valence-electron chi connectivity index (χ3n) is 6.13. The molecule has 1 saturated heterocycles. The zero-order valence-electron chi connectivity index (χ0n) is 17.0. The van der Waals surface area contributed by atoms with Gasteiger partial charge in [0.15, 0.2) is 0 Å². The predicted octanol–water partition coefficient (Wildman–Crippen LogP) is 1.63. The van der Waals surface area contributed by atoms with Crippen LogP contribution in [0, 0.1) is 11.3 Å². The number of hydrogen-bond donors (Lipinski definition) is 3. The number of nitrogens with zero attached hydrogens (tertiary/aromatic N) is 5. The van der Waals surface area contributed by atoms with Gasteiger partial charge >= 0.3 is 0 Å². The molecule has 0 bridgehead atoms. The minimum Gasteiger partial charge on any atom is -0.391 e. The summed E-state index contributed by atoms with van der Waals surface area (Å²) in [6.45, 7) is 2.72. The van der Waals surface area contributed by atoms with Crippen LogP contribution in [0.1, 0.15) is 56.7 Å². The van der Waals surface area contributed by atoms with Gasteiger partial charge in [-0.1, -0.05) is 24.9 Å². The molecule has 2 aliphatic rings. The highest BCUT2D eigenvalue weighted by Crippen LogP contribution is 2.49. The first kappa shape index (κ1) is 22.3. The Labute approximate surface area is 180 Å². The second-order valence-corrected chi connectivity index (χ2v) is 8.22. The summed E-state index contributed by atoms with van der Waals surface area (Å²) >= 11 is 6.29. The Morgan fingerprint density at radius 2 is 2.20 bits per heavy atom. The Balaban J connectivity index is 0.000000199. The molecular formula is C20H27ClN6O3. The molecule has 0 aromatic carbocycles. The number of aliphatic hydroxyl groups is 2. The molecule has 1 aliphatic heterocycles. The van der Waals surface area contributed by atoms with Crippen LogP contribution in [0.2, 0.25) is 5.02 Å². The molecule has 1 unspecified atom stereocenters. The SMILES string of the molecule is CCC1(c2c(C#N)c(Cl)c3cnc(N)nn23)CCC1.O=C(CO)N1CCCC(O)C1. The number of aliphatic hydroxyl groups excluding tert-OH is 2. The molecule has 0 spiro atoms. The number of nitrogens with two attached hydrogens (primary N) is 1. The van der Waals surface area contributed by atoms with Crippen molar-refractivity contribution >= 4 is 29.0 Å². The van der Waals surface area contributed by atoms with Crippen LogP contribution in [0.3, 0.4) is 0 Å². The van der Waals surface area contributed by atoms with E-state index in [0.29, 0.717) is 29.2 Å². The molecule has 0 radical (unpaired) electrons. The molecule has 4 rings (SSSR count). The van der Waals surface area contributed by atoms with Crippen LogP contribution in [-0.2, 0) is 10.2 Å². The van der Waals surface area contributed by atoms with Crippen molar-refractivity contribution < 1.29 is 15.0 Å². The lowest BCUT2D eigenvalue weighted by molar-refractivity contribution is -0.137. The number of piperidine rings is 1. The average Bonchev–Trinajstić information content (AvgIpc) is 2.99. The lowest BCUT2D eigenvalue weighted by Crippen LogP contribution is -2.43. The number of aromatic nitrogens is 3. The van der Waals surface area contributed by atoms with Crippen molar-refractivity contribution in [2.45, 2.75) is 57.0 Å². The first-order valence-corrected chi connectivity index (χ1v) is 10.5. The molecule has 2 fully saturated rings. The van der Waals surface area contributed by atoms with Gasteiger partial charge in [-0.05, 0) is 32.1 Å². The summed E-state index contributed by atoms with van der Waals surface area (Å²) in [6, 6.07) is 2.22. The van der Waals surface area contributed by atoms with Crippen molar-refractivity contribution in [3.8, 4) is 6.07 Å². The van der Waals surface area contributed by atoms with Crippen LogP contribution in [0.15, 0.2) is 6.20 Å². The molecule has 30 heavy (non-hydrogen) atoms. The molecule has 2 aromatic rings. The number of fused-ring (bicyclic) bond motifs is 1. The number of anilines is 1. The van der Waals surface area contributed by atoms with E-state index < -0.39 is 12.7 Å². The average molecular weight is 435 g/mol. The van der Waals surface area contributed by atoms with Gasteiger partial charge in [-0.15, -0.1) is 5.10 Å². The number of carbonyl (C=O) groups is 1. The Morgan fingerprint density at radius 1 is 1.47 bits per heavy atom. The predicted molar refractivity (Wildman–Crippen MR) is 112 cm³/mol. The number of nitriles is 1. The number of likely N-dealkylation sites (tertiary alicyclic amines) is 1. The van der Waals surface area contributed by atoms with E-state index in [9.17, 15) is 10.1 Å². The van der Waals surface area contributed by atoms with Gasteiger partial charge in [0.25, 0.3) is 0 Å². The molecule has 4 N–H and O–H groups in total. The van der Waals surface area contributed by atoms with Crippen LogP contribution >= 0.6 is 11.6 Å². The quantitative estimate of drug-likeness (QED) is 0.666. The maximum atomic E-state index is 10.9. The van der Waals surface area contributed by atoms with Gasteiger partial charge in [0.1, 0.15) is 18.2 Å². The number of carbonyl (C=O) groups excluding carboxylic acids is 1. The van der Waals surface area contributed by atoms with E-state index in [4.69, 9.17) is 27.5 Å². The van der Waals surface area contributed by atoms with Crippen LogP contribution in [-0.4, -0.2) is 61.4 Å². The smallest absolute Gasteiger partial charge is 0.248 e. The van der Waals surface area contributed by atoms with E-state index in [2.05, 4.69) is 23.1 Å². The molecule has 2 aromatic heterocycles. The minimum absolute atomic E-state index is 0.00190. The first-order valence-electron chi connectivity index (χ1n) is 10.2. The molecular weight excluding hydrogens is 408 g/mol. The molecule has 1 amide bonds. The van der Waals surface area contributed by atoms with Crippen molar-refractivity contribution in [1.82, 2.24) is 19.5 Å². The molecule has 10 heteroatoms. The Hall–Kier alpha value is -2.41. The summed E-state index contributed by atoms with van der Waals surface area (Å²) in [5.74, 6) is -0.0979.